The van der Waals surface area contributed by atoms with E-state index >= 15 is 0 Å². The Kier molecular flexibility index (Phi) is 2.73. The average Bonchev–Trinajstić information content (AvgIpc) is 2.65. The van der Waals surface area contributed by atoms with E-state index in [1.54, 1.807) is 11.9 Å². The maximum Gasteiger partial charge on any atom is 0.242 e. The zero-order valence-electron chi connectivity index (χ0n) is 8.27. The number of rotatable bonds is 2. The molecule has 2 rings (SSSR count). The van der Waals surface area contributed by atoms with E-state index in [2.05, 4.69) is 15.3 Å². The van der Waals surface area contributed by atoms with Gasteiger partial charge in [-0.15, -0.1) is 0 Å². The molecule has 1 atom stereocenters. The first-order valence-electron chi connectivity index (χ1n) is 4.66. The smallest absolute Gasteiger partial charge is 0.242 e. The molecule has 1 aliphatic rings. The van der Waals surface area contributed by atoms with Crippen molar-refractivity contribution in [1.29, 1.82) is 0 Å². The molecule has 1 aromatic rings. The molecule has 0 aromatic carbocycles. The Morgan fingerprint density at radius 1 is 1.53 bits per heavy atom. The summed E-state index contributed by atoms with van der Waals surface area (Å²) in [4.78, 5) is 21.3. The Balaban J connectivity index is 2.16. The molecule has 2 heterocycles. The van der Waals surface area contributed by atoms with Crippen molar-refractivity contribution in [2.24, 2.45) is 0 Å². The van der Waals surface area contributed by atoms with E-state index < -0.39 is 0 Å². The van der Waals surface area contributed by atoms with Gasteiger partial charge in [-0.05, 0) is 6.42 Å². The van der Waals surface area contributed by atoms with Crippen LogP contribution >= 0.6 is 11.6 Å². The molecule has 1 saturated heterocycles. The lowest BCUT2D eigenvalue weighted by Crippen LogP contribution is -2.38. The molecular weight excluding hydrogens is 216 g/mol. The summed E-state index contributed by atoms with van der Waals surface area (Å²) in [6, 6.07) is -0.175. The van der Waals surface area contributed by atoms with Gasteiger partial charge in [0.25, 0.3) is 0 Å². The van der Waals surface area contributed by atoms with Gasteiger partial charge in [0.2, 0.25) is 11.9 Å². The van der Waals surface area contributed by atoms with Crippen molar-refractivity contribution in [3.8, 4) is 0 Å². The Hall–Kier alpha value is -1.36. The second-order valence-electron chi connectivity index (χ2n) is 3.41. The third-order valence-electron chi connectivity index (χ3n) is 2.41. The van der Waals surface area contributed by atoms with Crippen molar-refractivity contribution in [2.75, 3.05) is 18.5 Å². The van der Waals surface area contributed by atoms with Crippen LogP contribution in [0.15, 0.2) is 12.4 Å². The van der Waals surface area contributed by atoms with Gasteiger partial charge in [-0.25, -0.2) is 9.97 Å². The molecule has 0 bridgehead atoms. The van der Waals surface area contributed by atoms with Crippen LogP contribution in [0, 0.1) is 0 Å². The van der Waals surface area contributed by atoms with Gasteiger partial charge in [0, 0.05) is 13.6 Å². The highest BCUT2D eigenvalue weighted by Gasteiger charge is 2.29. The van der Waals surface area contributed by atoms with Gasteiger partial charge in [-0.1, -0.05) is 11.6 Å². The molecule has 0 radical (unpaired) electrons. The first-order valence-corrected chi connectivity index (χ1v) is 5.04. The maximum atomic E-state index is 11.4. The van der Waals surface area contributed by atoms with E-state index in [-0.39, 0.29) is 11.9 Å². The number of hydrogen-bond donors (Lipinski definition) is 1. The zero-order valence-corrected chi connectivity index (χ0v) is 9.03. The van der Waals surface area contributed by atoms with Crippen LogP contribution in [0.4, 0.5) is 5.95 Å². The first-order chi connectivity index (χ1) is 7.18. The molecule has 80 valence electrons. The average molecular weight is 227 g/mol. The van der Waals surface area contributed by atoms with Gasteiger partial charge < -0.3 is 10.2 Å². The Morgan fingerprint density at radius 3 is 2.73 bits per heavy atom. The normalized spacial score (nSPS) is 20.1. The SMILES string of the molecule is CN(c1ncc(Cl)cn1)C1CCNC1=O. The second kappa shape index (κ2) is 4.02. The molecule has 0 spiro atoms. The van der Waals surface area contributed by atoms with E-state index in [4.69, 9.17) is 11.6 Å². The summed E-state index contributed by atoms with van der Waals surface area (Å²) in [5, 5.41) is 3.26. The van der Waals surface area contributed by atoms with Gasteiger partial charge in [-0.2, -0.15) is 0 Å². The molecule has 0 saturated carbocycles. The number of nitrogens with zero attached hydrogens (tertiary/aromatic N) is 3. The fourth-order valence-corrected chi connectivity index (χ4v) is 1.68. The number of carbonyl (C=O) groups is 1. The van der Waals surface area contributed by atoms with Gasteiger partial charge in [0.1, 0.15) is 6.04 Å². The number of amides is 1. The zero-order chi connectivity index (χ0) is 10.8. The molecule has 1 N–H and O–H groups in total. The minimum Gasteiger partial charge on any atom is -0.354 e. The van der Waals surface area contributed by atoms with Crippen molar-refractivity contribution < 1.29 is 4.79 Å². The quantitative estimate of drug-likeness (QED) is 0.796. The summed E-state index contributed by atoms with van der Waals surface area (Å²) < 4.78 is 0. The number of carbonyl (C=O) groups excluding carboxylic acids is 1. The summed E-state index contributed by atoms with van der Waals surface area (Å²) in [5.74, 6) is 0.539. The Labute approximate surface area is 92.5 Å². The molecule has 1 aromatic heterocycles. The highest BCUT2D eigenvalue weighted by atomic mass is 35.5. The Bertz CT molecular complexity index is 367. The van der Waals surface area contributed by atoms with E-state index in [9.17, 15) is 4.79 Å². The van der Waals surface area contributed by atoms with Crippen LogP contribution in [-0.2, 0) is 4.79 Å². The van der Waals surface area contributed by atoms with Crippen LogP contribution in [0.25, 0.3) is 0 Å². The summed E-state index contributed by atoms with van der Waals surface area (Å²) in [5.41, 5.74) is 0. The summed E-state index contributed by atoms with van der Waals surface area (Å²) in [7, 11) is 1.80. The standard InChI is InChI=1S/C9H11ClN4O/c1-14(7-2-3-11-8(7)15)9-12-4-6(10)5-13-9/h4-5,7H,2-3H2,1H3,(H,11,15). The lowest BCUT2D eigenvalue weighted by Gasteiger charge is -2.21. The molecule has 6 heteroatoms. The van der Waals surface area contributed by atoms with Crippen LogP contribution < -0.4 is 10.2 Å². The van der Waals surface area contributed by atoms with Gasteiger partial charge in [0.15, 0.2) is 0 Å². The van der Waals surface area contributed by atoms with Crippen molar-refractivity contribution in [2.45, 2.75) is 12.5 Å². The fraction of sp³-hybridized carbons (Fsp3) is 0.444. The lowest BCUT2D eigenvalue weighted by atomic mass is 10.2. The summed E-state index contributed by atoms with van der Waals surface area (Å²) >= 11 is 5.68. The van der Waals surface area contributed by atoms with Gasteiger partial charge in [0.05, 0.1) is 17.4 Å². The molecular formula is C9H11ClN4O. The van der Waals surface area contributed by atoms with Crippen LogP contribution in [0.2, 0.25) is 5.02 Å². The van der Waals surface area contributed by atoms with E-state index in [1.165, 1.54) is 12.4 Å². The third-order valence-corrected chi connectivity index (χ3v) is 2.60. The monoisotopic (exact) mass is 226 g/mol. The van der Waals surface area contributed by atoms with Crippen LogP contribution in [0.1, 0.15) is 6.42 Å². The number of anilines is 1. The number of likely N-dealkylation sites (N-methyl/N-ethyl adjacent to an activating group) is 1. The molecule has 0 aliphatic carbocycles. The largest absolute Gasteiger partial charge is 0.354 e. The highest BCUT2D eigenvalue weighted by Crippen LogP contribution is 2.15. The van der Waals surface area contributed by atoms with Gasteiger partial charge >= 0.3 is 0 Å². The first kappa shape index (κ1) is 10.2. The second-order valence-corrected chi connectivity index (χ2v) is 3.84. The molecule has 1 unspecified atom stereocenters. The van der Waals surface area contributed by atoms with Crippen LogP contribution in [0.3, 0.4) is 0 Å². The number of nitrogens with one attached hydrogen (secondary N) is 1. The number of aromatic nitrogens is 2. The molecule has 1 fully saturated rings. The predicted octanol–water partition coefficient (Wildman–Crippen LogP) is 0.455. The number of halogens is 1. The molecule has 15 heavy (non-hydrogen) atoms. The molecule has 1 aliphatic heterocycles. The topological polar surface area (TPSA) is 58.1 Å². The maximum absolute atomic E-state index is 11.4. The Morgan fingerprint density at radius 2 is 2.20 bits per heavy atom. The fourth-order valence-electron chi connectivity index (χ4n) is 1.58. The summed E-state index contributed by atoms with van der Waals surface area (Å²) in [6.07, 6.45) is 3.82. The molecule has 1 amide bonds. The lowest BCUT2D eigenvalue weighted by molar-refractivity contribution is -0.120. The van der Waals surface area contributed by atoms with E-state index in [1.807, 2.05) is 0 Å². The number of hydrogen-bond acceptors (Lipinski definition) is 4. The van der Waals surface area contributed by atoms with Crippen molar-refractivity contribution in [3.63, 3.8) is 0 Å². The predicted molar refractivity (Wildman–Crippen MR) is 56.9 cm³/mol. The van der Waals surface area contributed by atoms with Crippen molar-refractivity contribution >= 4 is 23.5 Å². The minimum atomic E-state index is -0.175. The minimum absolute atomic E-state index is 0.0241. The summed E-state index contributed by atoms with van der Waals surface area (Å²) in [6.45, 7) is 0.710. The van der Waals surface area contributed by atoms with Gasteiger partial charge in [-0.3, -0.25) is 4.79 Å². The highest BCUT2D eigenvalue weighted by molar-refractivity contribution is 6.30. The van der Waals surface area contributed by atoms with Crippen molar-refractivity contribution in [3.05, 3.63) is 17.4 Å². The van der Waals surface area contributed by atoms with Crippen LogP contribution in [-0.4, -0.2) is 35.5 Å². The third kappa shape index (κ3) is 2.02. The van der Waals surface area contributed by atoms with Crippen molar-refractivity contribution in [1.82, 2.24) is 15.3 Å². The van der Waals surface area contributed by atoms with E-state index in [0.717, 1.165) is 6.42 Å². The van der Waals surface area contributed by atoms with Crippen LogP contribution in [0.5, 0.6) is 0 Å². The van der Waals surface area contributed by atoms with E-state index in [0.29, 0.717) is 17.5 Å². The molecule has 5 nitrogen and oxygen atoms in total.